The Labute approximate surface area is 99.1 Å². The van der Waals surface area contributed by atoms with Crippen LogP contribution < -0.4 is 5.32 Å². The maximum atomic E-state index is 13.8. The second kappa shape index (κ2) is 5.06. The lowest BCUT2D eigenvalue weighted by Gasteiger charge is -2.06. The fraction of sp³-hybridized carbons (Fsp3) is 0.143. The first-order valence-corrected chi connectivity index (χ1v) is 5.39. The van der Waals surface area contributed by atoms with Gasteiger partial charge in [0.15, 0.2) is 0 Å². The molecule has 1 nitrogen and oxygen atoms in total. The van der Waals surface area contributed by atoms with Gasteiger partial charge in [0, 0.05) is 12.1 Å². The van der Waals surface area contributed by atoms with E-state index in [1.807, 2.05) is 6.07 Å². The SMILES string of the molecule is CNCc1ccc(-c2cccc(F)c2)c(F)c1. The largest absolute Gasteiger partial charge is 0.316 e. The lowest BCUT2D eigenvalue weighted by molar-refractivity contribution is 0.623. The van der Waals surface area contributed by atoms with Crippen LogP contribution in [-0.2, 0) is 6.54 Å². The Bertz CT molecular complexity index is 523. The van der Waals surface area contributed by atoms with E-state index in [0.29, 0.717) is 17.7 Å². The van der Waals surface area contributed by atoms with E-state index in [9.17, 15) is 8.78 Å². The Morgan fingerprint density at radius 3 is 2.53 bits per heavy atom. The number of rotatable bonds is 3. The molecule has 88 valence electrons. The van der Waals surface area contributed by atoms with Gasteiger partial charge >= 0.3 is 0 Å². The second-order valence-electron chi connectivity index (χ2n) is 3.85. The molecule has 0 aliphatic rings. The highest BCUT2D eigenvalue weighted by molar-refractivity contribution is 5.64. The van der Waals surface area contributed by atoms with E-state index in [-0.39, 0.29) is 11.6 Å². The van der Waals surface area contributed by atoms with Crippen molar-refractivity contribution < 1.29 is 8.78 Å². The van der Waals surface area contributed by atoms with Gasteiger partial charge in [-0.15, -0.1) is 0 Å². The third-order valence-corrected chi connectivity index (χ3v) is 2.55. The minimum Gasteiger partial charge on any atom is -0.316 e. The highest BCUT2D eigenvalue weighted by atomic mass is 19.1. The molecule has 0 aliphatic heterocycles. The molecule has 0 aromatic heterocycles. The van der Waals surface area contributed by atoms with Gasteiger partial charge < -0.3 is 5.32 Å². The van der Waals surface area contributed by atoms with Crippen LogP contribution in [0.3, 0.4) is 0 Å². The molecule has 0 heterocycles. The van der Waals surface area contributed by atoms with Gasteiger partial charge in [-0.3, -0.25) is 0 Å². The average molecular weight is 233 g/mol. The van der Waals surface area contributed by atoms with E-state index in [1.165, 1.54) is 18.2 Å². The van der Waals surface area contributed by atoms with E-state index in [0.717, 1.165) is 5.56 Å². The summed E-state index contributed by atoms with van der Waals surface area (Å²) in [5.41, 5.74) is 1.84. The van der Waals surface area contributed by atoms with Gasteiger partial charge in [0.1, 0.15) is 11.6 Å². The number of halogens is 2. The topological polar surface area (TPSA) is 12.0 Å². The first-order valence-electron chi connectivity index (χ1n) is 5.39. The molecule has 0 fully saturated rings. The lowest BCUT2D eigenvalue weighted by atomic mass is 10.0. The van der Waals surface area contributed by atoms with Gasteiger partial charge in [-0.2, -0.15) is 0 Å². The molecule has 2 aromatic carbocycles. The van der Waals surface area contributed by atoms with Crippen molar-refractivity contribution in [1.82, 2.24) is 5.32 Å². The normalized spacial score (nSPS) is 10.5. The molecule has 0 saturated carbocycles. The Morgan fingerprint density at radius 2 is 1.88 bits per heavy atom. The van der Waals surface area contributed by atoms with Crippen molar-refractivity contribution in [3.63, 3.8) is 0 Å². The smallest absolute Gasteiger partial charge is 0.131 e. The van der Waals surface area contributed by atoms with Crippen molar-refractivity contribution in [2.24, 2.45) is 0 Å². The zero-order valence-electron chi connectivity index (χ0n) is 9.50. The van der Waals surface area contributed by atoms with Crippen molar-refractivity contribution in [3.05, 3.63) is 59.7 Å². The zero-order chi connectivity index (χ0) is 12.3. The van der Waals surface area contributed by atoms with Crippen molar-refractivity contribution >= 4 is 0 Å². The summed E-state index contributed by atoms with van der Waals surface area (Å²) in [5.74, 6) is -0.690. The van der Waals surface area contributed by atoms with E-state index < -0.39 is 0 Å². The van der Waals surface area contributed by atoms with Gasteiger partial charge in [0.2, 0.25) is 0 Å². The molecule has 0 atom stereocenters. The molecule has 0 unspecified atom stereocenters. The highest BCUT2D eigenvalue weighted by Crippen LogP contribution is 2.24. The van der Waals surface area contributed by atoms with Crippen LogP contribution in [-0.4, -0.2) is 7.05 Å². The zero-order valence-corrected chi connectivity index (χ0v) is 9.50. The molecule has 0 bridgehead atoms. The van der Waals surface area contributed by atoms with Crippen molar-refractivity contribution in [2.45, 2.75) is 6.54 Å². The van der Waals surface area contributed by atoms with Gasteiger partial charge in [-0.05, 0) is 36.4 Å². The summed E-state index contributed by atoms with van der Waals surface area (Å²) in [4.78, 5) is 0. The van der Waals surface area contributed by atoms with Crippen LogP contribution >= 0.6 is 0 Å². The molecule has 0 radical (unpaired) electrons. The molecule has 2 aromatic rings. The number of benzene rings is 2. The van der Waals surface area contributed by atoms with Crippen LogP contribution in [0, 0.1) is 11.6 Å². The lowest BCUT2D eigenvalue weighted by Crippen LogP contribution is -2.05. The van der Waals surface area contributed by atoms with E-state index in [1.54, 1.807) is 25.2 Å². The molecule has 0 spiro atoms. The number of hydrogen-bond donors (Lipinski definition) is 1. The summed E-state index contributed by atoms with van der Waals surface area (Å²) in [6.45, 7) is 0.611. The summed E-state index contributed by atoms with van der Waals surface area (Å²) >= 11 is 0. The van der Waals surface area contributed by atoms with Crippen molar-refractivity contribution in [2.75, 3.05) is 7.05 Å². The molecular weight excluding hydrogens is 220 g/mol. The van der Waals surface area contributed by atoms with Crippen LogP contribution in [0.15, 0.2) is 42.5 Å². The first kappa shape index (κ1) is 11.7. The quantitative estimate of drug-likeness (QED) is 0.857. The fourth-order valence-corrected chi connectivity index (χ4v) is 1.76. The summed E-state index contributed by atoms with van der Waals surface area (Å²) in [6, 6.07) is 10.9. The molecule has 0 saturated heterocycles. The molecule has 3 heteroatoms. The van der Waals surface area contributed by atoms with Crippen LogP contribution in [0.25, 0.3) is 11.1 Å². The highest BCUT2D eigenvalue weighted by Gasteiger charge is 2.06. The van der Waals surface area contributed by atoms with Gasteiger partial charge in [-0.25, -0.2) is 8.78 Å². The third kappa shape index (κ3) is 2.68. The fourth-order valence-electron chi connectivity index (χ4n) is 1.76. The summed E-state index contributed by atoms with van der Waals surface area (Å²) in [5, 5.41) is 2.95. The Kier molecular flexibility index (Phi) is 3.49. The van der Waals surface area contributed by atoms with E-state index in [4.69, 9.17) is 0 Å². The maximum absolute atomic E-state index is 13.8. The molecule has 2 rings (SSSR count). The number of hydrogen-bond acceptors (Lipinski definition) is 1. The number of nitrogens with one attached hydrogen (secondary N) is 1. The molecule has 17 heavy (non-hydrogen) atoms. The molecule has 0 aliphatic carbocycles. The minimum atomic E-state index is -0.360. The Hall–Kier alpha value is -1.74. The van der Waals surface area contributed by atoms with Gasteiger partial charge in [0.25, 0.3) is 0 Å². The third-order valence-electron chi connectivity index (χ3n) is 2.55. The molecular formula is C14H13F2N. The monoisotopic (exact) mass is 233 g/mol. The van der Waals surface area contributed by atoms with Crippen LogP contribution in [0.1, 0.15) is 5.56 Å². The van der Waals surface area contributed by atoms with E-state index in [2.05, 4.69) is 5.32 Å². The summed E-state index contributed by atoms with van der Waals surface area (Å²) < 4.78 is 26.9. The predicted molar refractivity (Wildman–Crippen MR) is 64.6 cm³/mol. The van der Waals surface area contributed by atoms with Crippen LogP contribution in [0.2, 0.25) is 0 Å². The summed E-state index contributed by atoms with van der Waals surface area (Å²) in [7, 11) is 1.80. The van der Waals surface area contributed by atoms with Gasteiger partial charge in [0.05, 0.1) is 0 Å². The van der Waals surface area contributed by atoms with Crippen LogP contribution in [0.4, 0.5) is 8.78 Å². The van der Waals surface area contributed by atoms with Crippen LogP contribution in [0.5, 0.6) is 0 Å². The Morgan fingerprint density at radius 1 is 1.06 bits per heavy atom. The molecule has 0 amide bonds. The predicted octanol–water partition coefficient (Wildman–Crippen LogP) is 3.35. The van der Waals surface area contributed by atoms with Crippen molar-refractivity contribution in [3.8, 4) is 11.1 Å². The maximum Gasteiger partial charge on any atom is 0.131 e. The first-order chi connectivity index (χ1) is 8.20. The van der Waals surface area contributed by atoms with Crippen molar-refractivity contribution in [1.29, 1.82) is 0 Å². The Balaban J connectivity index is 2.39. The van der Waals surface area contributed by atoms with E-state index >= 15 is 0 Å². The minimum absolute atomic E-state index is 0.330. The standard InChI is InChI=1S/C14H13F2N/c1-17-9-10-5-6-13(14(16)7-10)11-3-2-4-12(15)8-11/h2-8,17H,9H2,1H3. The summed E-state index contributed by atoms with van der Waals surface area (Å²) in [6.07, 6.45) is 0. The second-order valence-corrected chi connectivity index (χ2v) is 3.85. The van der Waals surface area contributed by atoms with Gasteiger partial charge in [-0.1, -0.05) is 24.3 Å². The average Bonchev–Trinajstić information content (AvgIpc) is 2.29. The molecule has 1 N–H and O–H groups in total.